The Kier molecular flexibility index (Phi) is 2.55. The maximum absolute atomic E-state index is 12.8. The lowest BCUT2D eigenvalue weighted by atomic mass is 9.73. The highest BCUT2D eigenvalue weighted by Gasteiger charge is 2.54. The third kappa shape index (κ3) is 1.65. The Morgan fingerprint density at radius 3 is 2.53 bits per heavy atom. The zero-order valence-electron chi connectivity index (χ0n) is 11.5. The smallest absolute Gasteiger partial charge is 0.237 e. The van der Waals surface area contributed by atoms with Crippen molar-refractivity contribution in [3.05, 3.63) is 28.8 Å². The fourth-order valence-corrected chi connectivity index (χ4v) is 3.68. The van der Waals surface area contributed by atoms with Crippen molar-refractivity contribution >= 4 is 23.2 Å². The van der Waals surface area contributed by atoms with Crippen molar-refractivity contribution in [3.8, 4) is 0 Å². The van der Waals surface area contributed by atoms with Gasteiger partial charge in [-0.2, -0.15) is 0 Å². The molecule has 1 amide bonds. The van der Waals surface area contributed by atoms with Gasteiger partial charge in [-0.25, -0.2) is 0 Å². The molecule has 19 heavy (non-hydrogen) atoms. The average Bonchev–Trinajstić information content (AvgIpc) is 2.45. The van der Waals surface area contributed by atoms with Crippen LogP contribution in [-0.2, 0) is 10.2 Å². The second kappa shape index (κ2) is 3.74. The third-order valence-corrected chi connectivity index (χ3v) is 4.79. The van der Waals surface area contributed by atoms with Crippen molar-refractivity contribution in [1.29, 1.82) is 0 Å². The highest BCUT2D eigenvalue weighted by atomic mass is 35.5. The number of nitrogens with zero attached hydrogens (tertiary/aromatic N) is 1. The minimum Gasteiger partial charge on any atom is -0.328 e. The Morgan fingerprint density at radius 1 is 1.32 bits per heavy atom. The molecule has 0 atom stereocenters. The number of amides is 1. The molecule has 102 valence electrons. The molecule has 0 radical (unpaired) electrons. The van der Waals surface area contributed by atoms with Gasteiger partial charge in [0, 0.05) is 16.6 Å². The second-order valence-corrected chi connectivity index (χ2v) is 7.03. The molecule has 0 spiro atoms. The summed E-state index contributed by atoms with van der Waals surface area (Å²) in [5, 5.41) is 0.668. The largest absolute Gasteiger partial charge is 0.328 e. The number of hydrogen-bond donors (Lipinski definition) is 1. The number of rotatable bonds is 1. The summed E-state index contributed by atoms with van der Waals surface area (Å²) in [4.78, 5) is 14.7. The fourth-order valence-electron chi connectivity index (χ4n) is 3.51. The SMILES string of the molecule is CC1(C)C(=O)N([C@]2(C)C[C@H](N)C2)c2cc(Cl)ccc21. The van der Waals surface area contributed by atoms with Crippen LogP contribution in [0, 0.1) is 0 Å². The van der Waals surface area contributed by atoms with Crippen LogP contribution in [0.2, 0.25) is 5.02 Å². The number of benzene rings is 1. The van der Waals surface area contributed by atoms with Crippen molar-refractivity contribution in [2.45, 2.75) is 50.6 Å². The molecule has 1 saturated carbocycles. The normalized spacial score (nSPS) is 32.2. The predicted octanol–water partition coefficient (Wildman–Crippen LogP) is 2.84. The summed E-state index contributed by atoms with van der Waals surface area (Å²) in [6, 6.07) is 5.92. The maximum atomic E-state index is 12.8. The van der Waals surface area contributed by atoms with Crippen molar-refractivity contribution < 1.29 is 4.79 Å². The number of halogens is 1. The van der Waals surface area contributed by atoms with Gasteiger partial charge in [0.2, 0.25) is 5.91 Å². The molecule has 2 aliphatic rings. The quantitative estimate of drug-likeness (QED) is 0.859. The van der Waals surface area contributed by atoms with Gasteiger partial charge < -0.3 is 10.6 Å². The Labute approximate surface area is 118 Å². The third-order valence-electron chi connectivity index (χ3n) is 4.56. The van der Waals surface area contributed by atoms with Gasteiger partial charge in [-0.15, -0.1) is 0 Å². The lowest BCUT2D eigenvalue weighted by Gasteiger charge is -2.50. The second-order valence-electron chi connectivity index (χ2n) is 6.59. The summed E-state index contributed by atoms with van der Waals surface area (Å²) in [5.74, 6) is 0.152. The van der Waals surface area contributed by atoms with Gasteiger partial charge in [-0.05, 0) is 51.3 Å². The number of carbonyl (C=O) groups excluding carboxylic acids is 1. The monoisotopic (exact) mass is 278 g/mol. The molecular weight excluding hydrogens is 260 g/mol. The van der Waals surface area contributed by atoms with Crippen molar-refractivity contribution in [2.75, 3.05) is 4.90 Å². The minimum atomic E-state index is -0.484. The minimum absolute atomic E-state index is 0.152. The van der Waals surface area contributed by atoms with Gasteiger partial charge in [-0.3, -0.25) is 4.79 Å². The average molecular weight is 279 g/mol. The van der Waals surface area contributed by atoms with Gasteiger partial charge in [-0.1, -0.05) is 17.7 Å². The standard InChI is InChI=1S/C15H19ClN2O/c1-14(2)11-5-4-9(16)6-12(11)18(13(14)19)15(3)7-10(17)8-15/h4-6,10H,7-8,17H2,1-3H3/t10-,15+. The molecule has 1 heterocycles. The Hall–Kier alpha value is -1.06. The lowest BCUT2D eigenvalue weighted by molar-refractivity contribution is -0.123. The molecule has 1 aliphatic carbocycles. The molecule has 3 nitrogen and oxygen atoms in total. The van der Waals surface area contributed by atoms with Crippen LogP contribution in [0.1, 0.15) is 39.2 Å². The summed E-state index contributed by atoms with van der Waals surface area (Å²) in [6.45, 7) is 6.06. The van der Waals surface area contributed by atoms with Crippen LogP contribution < -0.4 is 10.6 Å². The summed E-state index contributed by atoms with van der Waals surface area (Å²) in [6.07, 6.45) is 1.70. The summed E-state index contributed by atoms with van der Waals surface area (Å²) < 4.78 is 0. The van der Waals surface area contributed by atoms with Gasteiger partial charge in [0.25, 0.3) is 0 Å². The van der Waals surface area contributed by atoms with E-state index in [2.05, 4.69) is 6.92 Å². The molecule has 1 aromatic rings. The van der Waals surface area contributed by atoms with E-state index in [-0.39, 0.29) is 17.5 Å². The topological polar surface area (TPSA) is 46.3 Å². The first-order valence-corrected chi connectivity index (χ1v) is 7.04. The first-order valence-electron chi connectivity index (χ1n) is 6.66. The van der Waals surface area contributed by atoms with Gasteiger partial charge in [0.1, 0.15) is 0 Å². The Morgan fingerprint density at radius 2 is 1.95 bits per heavy atom. The number of carbonyl (C=O) groups is 1. The van der Waals surface area contributed by atoms with Crippen LogP contribution in [0.15, 0.2) is 18.2 Å². The van der Waals surface area contributed by atoms with Crippen LogP contribution in [-0.4, -0.2) is 17.5 Å². The zero-order valence-corrected chi connectivity index (χ0v) is 12.3. The van der Waals surface area contributed by atoms with Gasteiger partial charge in [0.15, 0.2) is 0 Å². The number of nitrogens with two attached hydrogens (primary N) is 1. The molecule has 2 N–H and O–H groups in total. The van der Waals surface area contributed by atoms with Crippen molar-refractivity contribution in [2.24, 2.45) is 5.73 Å². The van der Waals surface area contributed by atoms with E-state index in [0.717, 1.165) is 24.1 Å². The van der Waals surface area contributed by atoms with E-state index in [1.807, 2.05) is 36.9 Å². The van der Waals surface area contributed by atoms with Crippen LogP contribution in [0.3, 0.4) is 0 Å². The summed E-state index contributed by atoms with van der Waals surface area (Å²) in [5.41, 5.74) is 7.29. The molecule has 1 aliphatic heterocycles. The molecule has 0 unspecified atom stereocenters. The zero-order chi connectivity index (χ0) is 14.0. The van der Waals surface area contributed by atoms with Crippen LogP contribution >= 0.6 is 11.6 Å². The molecule has 0 bridgehead atoms. The maximum Gasteiger partial charge on any atom is 0.237 e. The van der Waals surface area contributed by atoms with Crippen LogP contribution in [0.5, 0.6) is 0 Å². The summed E-state index contributed by atoms with van der Waals surface area (Å²) >= 11 is 6.11. The predicted molar refractivity (Wildman–Crippen MR) is 77.6 cm³/mol. The van der Waals surface area contributed by atoms with E-state index < -0.39 is 5.41 Å². The van der Waals surface area contributed by atoms with Crippen LogP contribution in [0.4, 0.5) is 5.69 Å². The number of fused-ring (bicyclic) bond motifs is 1. The Bertz CT molecular complexity index is 561. The van der Waals surface area contributed by atoms with E-state index in [1.54, 1.807) is 0 Å². The van der Waals surface area contributed by atoms with Crippen molar-refractivity contribution in [3.63, 3.8) is 0 Å². The van der Waals surface area contributed by atoms with Gasteiger partial charge >= 0.3 is 0 Å². The van der Waals surface area contributed by atoms with E-state index >= 15 is 0 Å². The van der Waals surface area contributed by atoms with E-state index in [0.29, 0.717) is 5.02 Å². The van der Waals surface area contributed by atoms with Gasteiger partial charge in [0.05, 0.1) is 11.1 Å². The van der Waals surface area contributed by atoms with E-state index in [4.69, 9.17) is 17.3 Å². The van der Waals surface area contributed by atoms with E-state index in [1.165, 1.54) is 0 Å². The Balaban J connectivity index is 2.13. The lowest BCUT2D eigenvalue weighted by Crippen LogP contribution is -2.62. The number of anilines is 1. The highest BCUT2D eigenvalue weighted by Crippen LogP contribution is 2.50. The molecular formula is C15H19ClN2O. The molecule has 1 aromatic carbocycles. The van der Waals surface area contributed by atoms with Crippen molar-refractivity contribution in [1.82, 2.24) is 0 Å². The molecule has 0 saturated heterocycles. The first kappa shape index (κ1) is 12.9. The van der Waals surface area contributed by atoms with E-state index in [9.17, 15) is 4.79 Å². The number of hydrogen-bond acceptors (Lipinski definition) is 2. The molecule has 0 aromatic heterocycles. The summed E-state index contributed by atoms with van der Waals surface area (Å²) in [7, 11) is 0. The molecule has 3 rings (SSSR count). The van der Waals surface area contributed by atoms with Crippen LogP contribution in [0.25, 0.3) is 0 Å². The first-order chi connectivity index (χ1) is 8.75. The molecule has 4 heteroatoms. The molecule has 1 fully saturated rings. The fraction of sp³-hybridized carbons (Fsp3) is 0.533. The highest BCUT2D eigenvalue weighted by molar-refractivity contribution is 6.31.